The quantitative estimate of drug-likeness (QED) is 0.322. The van der Waals surface area contributed by atoms with E-state index in [-0.39, 0.29) is 41.5 Å². The third-order valence-corrected chi connectivity index (χ3v) is 7.29. The van der Waals surface area contributed by atoms with Crippen LogP contribution in [-0.4, -0.2) is 39.3 Å². The van der Waals surface area contributed by atoms with E-state index in [9.17, 15) is 14.0 Å². The molecule has 39 heavy (non-hydrogen) atoms. The van der Waals surface area contributed by atoms with Crippen molar-refractivity contribution in [1.29, 1.82) is 0 Å². The zero-order valence-electron chi connectivity index (χ0n) is 21.3. The van der Waals surface area contributed by atoms with Crippen molar-refractivity contribution in [2.24, 2.45) is 0 Å². The van der Waals surface area contributed by atoms with Gasteiger partial charge < -0.3 is 19.5 Å². The summed E-state index contributed by atoms with van der Waals surface area (Å²) in [5.74, 6) is 0.0173. The highest BCUT2D eigenvalue weighted by atomic mass is 19.1. The molecule has 2 aromatic heterocycles. The molecule has 2 aliphatic rings. The molecular weight excluding hydrogens is 497 g/mol. The number of rotatable bonds is 9. The van der Waals surface area contributed by atoms with Gasteiger partial charge in [-0.3, -0.25) is 9.59 Å². The summed E-state index contributed by atoms with van der Waals surface area (Å²) in [4.78, 5) is 36.7. The maximum absolute atomic E-state index is 13.4. The second kappa shape index (κ2) is 10.7. The number of aromatic nitrogens is 3. The van der Waals surface area contributed by atoms with E-state index in [2.05, 4.69) is 21.4 Å². The van der Waals surface area contributed by atoms with Gasteiger partial charge in [0.05, 0.1) is 12.5 Å². The van der Waals surface area contributed by atoms with Gasteiger partial charge in [0.2, 0.25) is 11.8 Å². The number of halogens is 1. The molecule has 2 aromatic carbocycles. The number of benzene rings is 2. The fraction of sp³-hybridized carbons (Fsp3) is 0.267. The summed E-state index contributed by atoms with van der Waals surface area (Å²) in [5, 5.41) is 2.93. The lowest BCUT2D eigenvalue weighted by atomic mass is 9.97. The van der Waals surface area contributed by atoms with Gasteiger partial charge in [-0.1, -0.05) is 30.3 Å². The van der Waals surface area contributed by atoms with Crippen LogP contribution in [0.4, 0.5) is 16.0 Å². The summed E-state index contributed by atoms with van der Waals surface area (Å²) in [5.41, 5.74) is 4.26. The number of amides is 1. The van der Waals surface area contributed by atoms with E-state index in [4.69, 9.17) is 4.74 Å². The Morgan fingerprint density at radius 3 is 2.82 bits per heavy atom. The molecule has 1 N–H and O–H groups in total. The number of para-hydroxylation sites is 1. The van der Waals surface area contributed by atoms with Gasteiger partial charge in [0, 0.05) is 36.9 Å². The summed E-state index contributed by atoms with van der Waals surface area (Å²) < 4.78 is 21.3. The summed E-state index contributed by atoms with van der Waals surface area (Å²) in [7, 11) is 0. The van der Waals surface area contributed by atoms with E-state index in [0.717, 1.165) is 29.9 Å². The Labute approximate surface area is 225 Å². The highest BCUT2D eigenvalue weighted by Gasteiger charge is 2.30. The number of nitrogens with one attached hydrogen (secondary N) is 1. The fourth-order valence-corrected chi connectivity index (χ4v) is 5.27. The maximum atomic E-state index is 13.4. The first kappa shape index (κ1) is 24.8. The standard InChI is InChI=1S/C30H28FN5O3/c31-22-11-9-20(10-12-22)19-39-29-24(17-33-30(34-29)36-16-13-21-5-1-2-7-25(21)36)28(38)32-14-3-6-23-26-8-4-15-35(26)18-27(23)37/h1-2,4-5,7-12,15,17,23H,3,6,13-14,16,18-19H2,(H,32,38). The first-order valence-corrected chi connectivity index (χ1v) is 13.1. The molecule has 1 unspecified atom stereocenters. The zero-order valence-corrected chi connectivity index (χ0v) is 21.3. The van der Waals surface area contributed by atoms with Crippen LogP contribution in [0.2, 0.25) is 0 Å². The normalized spacial score (nSPS) is 15.8. The second-order valence-electron chi connectivity index (χ2n) is 9.81. The van der Waals surface area contributed by atoms with Crippen molar-refractivity contribution in [3.05, 3.63) is 101 Å². The molecule has 198 valence electrons. The molecule has 1 atom stereocenters. The monoisotopic (exact) mass is 525 g/mol. The summed E-state index contributed by atoms with van der Waals surface area (Å²) in [6.07, 6.45) is 5.62. The van der Waals surface area contributed by atoms with Gasteiger partial charge in [0.1, 0.15) is 18.0 Å². The average Bonchev–Trinajstić information content (AvgIpc) is 3.66. The molecular formula is C30H28FN5O3. The van der Waals surface area contributed by atoms with Crippen LogP contribution in [0.5, 0.6) is 5.88 Å². The van der Waals surface area contributed by atoms with Crippen molar-refractivity contribution >= 4 is 23.3 Å². The van der Waals surface area contributed by atoms with Crippen LogP contribution in [0, 0.1) is 5.82 Å². The van der Waals surface area contributed by atoms with E-state index in [1.54, 1.807) is 12.1 Å². The number of anilines is 2. The minimum Gasteiger partial charge on any atom is -0.472 e. The summed E-state index contributed by atoms with van der Waals surface area (Å²) in [6, 6.07) is 18.0. The summed E-state index contributed by atoms with van der Waals surface area (Å²) in [6.45, 7) is 1.67. The molecule has 0 fully saturated rings. The fourth-order valence-electron chi connectivity index (χ4n) is 5.27. The molecule has 9 heteroatoms. The molecule has 0 radical (unpaired) electrons. The highest BCUT2D eigenvalue weighted by molar-refractivity contribution is 5.96. The first-order valence-electron chi connectivity index (χ1n) is 13.1. The van der Waals surface area contributed by atoms with Crippen LogP contribution < -0.4 is 15.0 Å². The van der Waals surface area contributed by atoms with Crippen molar-refractivity contribution in [3.63, 3.8) is 0 Å². The predicted octanol–water partition coefficient (Wildman–Crippen LogP) is 4.57. The third kappa shape index (κ3) is 5.12. The largest absolute Gasteiger partial charge is 0.472 e. The highest BCUT2D eigenvalue weighted by Crippen LogP contribution is 2.33. The average molecular weight is 526 g/mol. The smallest absolute Gasteiger partial charge is 0.258 e. The van der Waals surface area contributed by atoms with Gasteiger partial charge in [-0.05, 0) is 60.7 Å². The lowest BCUT2D eigenvalue weighted by Gasteiger charge is -2.19. The lowest BCUT2D eigenvalue weighted by Crippen LogP contribution is -2.27. The zero-order chi connectivity index (χ0) is 26.8. The number of hydrogen-bond acceptors (Lipinski definition) is 6. The van der Waals surface area contributed by atoms with E-state index in [1.165, 1.54) is 23.9 Å². The minimum atomic E-state index is -0.349. The number of hydrogen-bond donors (Lipinski definition) is 1. The maximum Gasteiger partial charge on any atom is 0.258 e. The molecule has 6 rings (SSSR count). The van der Waals surface area contributed by atoms with Crippen molar-refractivity contribution in [2.75, 3.05) is 18.0 Å². The Bertz CT molecular complexity index is 1520. The molecule has 4 aromatic rings. The van der Waals surface area contributed by atoms with Gasteiger partial charge in [-0.2, -0.15) is 4.98 Å². The molecule has 8 nitrogen and oxygen atoms in total. The van der Waals surface area contributed by atoms with Crippen LogP contribution in [0.1, 0.15) is 45.9 Å². The van der Waals surface area contributed by atoms with E-state index >= 15 is 0 Å². The second-order valence-corrected chi connectivity index (χ2v) is 9.81. The SMILES string of the molecule is O=C(NCCCC1C(=O)Cn2cccc21)c1cnc(N2CCc3ccccc32)nc1OCc1ccc(F)cc1. The number of nitrogens with zero attached hydrogens (tertiary/aromatic N) is 4. The Hall–Kier alpha value is -4.53. The van der Waals surface area contributed by atoms with Gasteiger partial charge >= 0.3 is 0 Å². The number of ketones is 1. The van der Waals surface area contributed by atoms with Gasteiger partial charge in [-0.25, -0.2) is 9.37 Å². The summed E-state index contributed by atoms with van der Waals surface area (Å²) >= 11 is 0. The Morgan fingerprint density at radius 1 is 1.10 bits per heavy atom. The third-order valence-electron chi connectivity index (χ3n) is 7.29. The van der Waals surface area contributed by atoms with Crippen molar-refractivity contribution < 1.29 is 18.7 Å². The van der Waals surface area contributed by atoms with Crippen molar-refractivity contribution in [2.45, 2.75) is 38.3 Å². The van der Waals surface area contributed by atoms with Crippen LogP contribution in [0.3, 0.4) is 0 Å². The van der Waals surface area contributed by atoms with Crippen LogP contribution in [0.15, 0.2) is 73.1 Å². The molecule has 0 aliphatic carbocycles. The van der Waals surface area contributed by atoms with E-state index < -0.39 is 0 Å². The molecule has 0 spiro atoms. The number of carbonyl (C=O) groups excluding carboxylic acids is 2. The topological polar surface area (TPSA) is 89.4 Å². The number of carbonyl (C=O) groups is 2. The Kier molecular flexibility index (Phi) is 6.79. The predicted molar refractivity (Wildman–Crippen MR) is 144 cm³/mol. The number of fused-ring (bicyclic) bond motifs is 2. The molecule has 0 bridgehead atoms. The molecule has 1 amide bonds. The van der Waals surface area contributed by atoms with Gasteiger partial charge in [0.25, 0.3) is 5.91 Å². The van der Waals surface area contributed by atoms with Gasteiger partial charge in [0.15, 0.2) is 5.78 Å². The molecule has 4 heterocycles. The minimum absolute atomic E-state index is 0.122. The van der Waals surface area contributed by atoms with Gasteiger partial charge in [-0.15, -0.1) is 0 Å². The van der Waals surface area contributed by atoms with Crippen molar-refractivity contribution in [1.82, 2.24) is 19.9 Å². The molecule has 0 saturated heterocycles. The Morgan fingerprint density at radius 2 is 1.95 bits per heavy atom. The molecule has 0 saturated carbocycles. The van der Waals surface area contributed by atoms with Crippen molar-refractivity contribution in [3.8, 4) is 5.88 Å². The Balaban J connectivity index is 1.16. The van der Waals surface area contributed by atoms with Crippen LogP contribution in [-0.2, 0) is 24.4 Å². The number of ether oxygens (including phenoxy) is 1. The lowest BCUT2D eigenvalue weighted by molar-refractivity contribution is -0.119. The van der Waals surface area contributed by atoms with E-state index in [1.807, 2.05) is 46.0 Å². The first-order chi connectivity index (χ1) is 19.1. The van der Waals surface area contributed by atoms with Crippen LogP contribution >= 0.6 is 0 Å². The van der Waals surface area contributed by atoms with Crippen LogP contribution in [0.25, 0.3) is 0 Å². The van der Waals surface area contributed by atoms with E-state index in [0.29, 0.717) is 31.9 Å². The molecule has 2 aliphatic heterocycles. The number of Topliss-reactive ketones (excluding diaryl/α,β-unsaturated/α-hetero) is 1.